The highest BCUT2D eigenvalue weighted by atomic mass is 16.4. The van der Waals surface area contributed by atoms with Crippen LogP contribution in [0.25, 0.3) is 0 Å². The summed E-state index contributed by atoms with van der Waals surface area (Å²) >= 11 is 0. The fraction of sp³-hybridized carbons (Fsp3) is 0.500. The molecule has 7 nitrogen and oxygen atoms in total. The summed E-state index contributed by atoms with van der Waals surface area (Å²) in [6.07, 6.45) is 2.57. The van der Waals surface area contributed by atoms with E-state index in [1.807, 2.05) is 0 Å². The Balaban J connectivity index is 2.22. The summed E-state index contributed by atoms with van der Waals surface area (Å²) in [5.41, 5.74) is 2.37. The van der Waals surface area contributed by atoms with E-state index in [0.717, 1.165) is 24.1 Å². The Kier molecular flexibility index (Phi) is 4.82. The van der Waals surface area contributed by atoms with Crippen molar-refractivity contribution in [1.82, 2.24) is 14.7 Å². The number of amides is 1. The lowest BCUT2D eigenvalue weighted by atomic mass is 10.1. The molecule has 0 aromatic carbocycles. The molecular formula is C14H18N4O3. The van der Waals surface area contributed by atoms with Gasteiger partial charge in [-0.05, 0) is 13.3 Å². The molecule has 0 saturated heterocycles. The second-order valence-electron chi connectivity index (χ2n) is 4.76. The van der Waals surface area contributed by atoms with E-state index < -0.39 is 6.09 Å². The zero-order chi connectivity index (χ0) is 15.2. The molecule has 0 atom stereocenters. The average Bonchev–Trinajstić information content (AvgIpc) is 2.81. The predicted octanol–water partition coefficient (Wildman–Crippen LogP) is 1.53. The standard InChI is InChI=1S/C14H18N4O3/c1-2-3-4-5-7-18-13(9-15-21)11-10-17(14(19)20)8-6-12(11)16-18/h9,21H,4-8,10H2,1H3,(H,19,20). The van der Waals surface area contributed by atoms with Gasteiger partial charge in [-0.1, -0.05) is 5.16 Å². The van der Waals surface area contributed by atoms with E-state index in [1.54, 1.807) is 11.6 Å². The summed E-state index contributed by atoms with van der Waals surface area (Å²) in [5, 5.41) is 25.5. The lowest BCUT2D eigenvalue weighted by Crippen LogP contribution is -2.34. The number of oxime groups is 1. The second-order valence-corrected chi connectivity index (χ2v) is 4.76. The van der Waals surface area contributed by atoms with Gasteiger partial charge in [-0.2, -0.15) is 5.10 Å². The summed E-state index contributed by atoms with van der Waals surface area (Å²) in [6, 6.07) is 0. The van der Waals surface area contributed by atoms with Gasteiger partial charge in [0.05, 0.1) is 24.1 Å². The highest BCUT2D eigenvalue weighted by molar-refractivity contribution is 5.80. The molecule has 1 aromatic heterocycles. The molecule has 21 heavy (non-hydrogen) atoms. The number of hydrogen-bond acceptors (Lipinski definition) is 4. The monoisotopic (exact) mass is 290 g/mol. The van der Waals surface area contributed by atoms with Gasteiger partial charge >= 0.3 is 6.09 Å². The van der Waals surface area contributed by atoms with E-state index >= 15 is 0 Å². The van der Waals surface area contributed by atoms with Crippen LogP contribution < -0.4 is 0 Å². The Morgan fingerprint density at radius 2 is 2.38 bits per heavy atom. The number of fused-ring (bicyclic) bond motifs is 1. The quantitative estimate of drug-likeness (QED) is 0.289. The minimum Gasteiger partial charge on any atom is -0.465 e. The molecule has 0 fully saturated rings. The van der Waals surface area contributed by atoms with Crippen molar-refractivity contribution in [2.24, 2.45) is 5.16 Å². The minimum absolute atomic E-state index is 0.279. The van der Waals surface area contributed by atoms with Crippen LogP contribution >= 0.6 is 0 Å². The molecule has 2 heterocycles. The summed E-state index contributed by atoms with van der Waals surface area (Å²) in [5.74, 6) is 5.84. The van der Waals surface area contributed by atoms with Crippen LogP contribution in [-0.4, -0.2) is 43.8 Å². The summed E-state index contributed by atoms with van der Waals surface area (Å²) < 4.78 is 1.77. The second kappa shape index (κ2) is 6.79. The van der Waals surface area contributed by atoms with E-state index in [4.69, 9.17) is 10.3 Å². The number of nitrogens with zero attached hydrogens (tertiary/aromatic N) is 4. The number of carboxylic acid groups (broad SMARTS) is 1. The van der Waals surface area contributed by atoms with Crippen LogP contribution in [0.4, 0.5) is 4.79 Å². The minimum atomic E-state index is -0.946. The molecule has 0 bridgehead atoms. The maximum Gasteiger partial charge on any atom is 0.407 e. The topological polar surface area (TPSA) is 91.0 Å². The van der Waals surface area contributed by atoms with Crippen LogP contribution in [0.3, 0.4) is 0 Å². The molecule has 0 unspecified atom stereocenters. The molecule has 1 aliphatic rings. The first kappa shape index (κ1) is 14.9. The van der Waals surface area contributed by atoms with Crippen LogP contribution in [-0.2, 0) is 19.5 Å². The van der Waals surface area contributed by atoms with Crippen LogP contribution in [0.15, 0.2) is 5.16 Å². The van der Waals surface area contributed by atoms with Gasteiger partial charge in [0.15, 0.2) is 0 Å². The van der Waals surface area contributed by atoms with Crippen LogP contribution in [0.5, 0.6) is 0 Å². The van der Waals surface area contributed by atoms with Crippen molar-refractivity contribution in [2.45, 2.75) is 39.3 Å². The van der Waals surface area contributed by atoms with Crippen molar-refractivity contribution in [1.29, 1.82) is 0 Å². The molecule has 0 saturated carbocycles. The largest absolute Gasteiger partial charge is 0.465 e. The van der Waals surface area contributed by atoms with E-state index in [2.05, 4.69) is 22.1 Å². The van der Waals surface area contributed by atoms with Gasteiger partial charge in [-0.3, -0.25) is 4.68 Å². The van der Waals surface area contributed by atoms with E-state index in [0.29, 0.717) is 25.2 Å². The normalized spacial score (nSPS) is 13.9. The zero-order valence-electron chi connectivity index (χ0n) is 11.9. The van der Waals surface area contributed by atoms with Gasteiger partial charge < -0.3 is 15.2 Å². The summed E-state index contributed by atoms with van der Waals surface area (Å²) in [4.78, 5) is 12.4. The Morgan fingerprint density at radius 3 is 3.05 bits per heavy atom. The molecule has 0 spiro atoms. The van der Waals surface area contributed by atoms with E-state index in [9.17, 15) is 4.79 Å². The molecule has 2 N–H and O–H groups in total. The Labute approximate surface area is 122 Å². The number of rotatable bonds is 4. The summed E-state index contributed by atoms with van der Waals surface area (Å²) in [6.45, 7) is 3.18. The van der Waals surface area contributed by atoms with Gasteiger partial charge in [0.25, 0.3) is 0 Å². The third-order valence-electron chi connectivity index (χ3n) is 3.44. The maximum atomic E-state index is 11.1. The van der Waals surface area contributed by atoms with Crippen molar-refractivity contribution in [3.8, 4) is 11.8 Å². The Bertz CT molecular complexity index is 610. The van der Waals surface area contributed by atoms with Crippen LogP contribution in [0, 0.1) is 11.8 Å². The van der Waals surface area contributed by atoms with Crippen molar-refractivity contribution in [3.63, 3.8) is 0 Å². The number of aryl methyl sites for hydroxylation is 1. The number of hydrogen-bond donors (Lipinski definition) is 2. The van der Waals surface area contributed by atoms with Crippen molar-refractivity contribution in [3.05, 3.63) is 17.0 Å². The SMILES string of the molecule is CC#CCCCn1nc2c(c1C=NO)CN(C(=O)O)CC2. The maximum absolute atomic E-state index is 11.1. The van der Waals surface area contributed by atoms with Gasteiger partial charge in [0.2, 0.25) is 0 Å². The summed E-state index contributed by atoms with van der Waals surface area (Å²) in [7, 11) is 0. The highest BCUT2D eigenvalue weighted by Crippen LogP contribution is 2.22. The van der Waals surface area contributed by atoms with Crippen molar-refractivity contribution < 1.29 is 15.1 Å². The number of unbranched alkanes of at least 4 members (excludes halogenated alkanes) is 1. The average molecular weight is 290 g/mol. The molecule has 0 aliphatic carbocycles. The molecule has 1 aromatic rings. The number of aromatic nitrogens is 2. The predicted molar refractivity (Wildman–Crippen MR) is 76.4 cm³/mol. The van der Waals surface area contributed by atoms with E-state index in [-0.39, 0.29) is 6.54 Å². The van der Waals surface area contributed by atoms with Gasteiger partial charge in [0, 0.05) is 31.5 Å². The van der Waals surface area contributed by atoms with E-state index in [1.165, 1.54) is 11.1 Å². The van der Waals surface area contributed by atoms with Crippen molar-refractivity contribution >= 4 is 12.3 Å². The Morgan fingerprint density at radius 1 is 1.57 bits per heavy atom. The third-order valence-corrected chi connectivity index (χ3v) is 3.44. The van der Waals surface area contributed by atoms with Gasteiger partial charge in [0.1, 0.15) is 0 Å². The lowest BCUT2D eigenvalue weighted by Gasteiger charge is -2.23. The fourth-order valence-corrected chi connectivity index (χ4v) is 2.42. The van der Waals surface area contributed by atoms with Gasteiger partial charge in [-0.25, -0.2) is 4.79 Å². The van der Waals surface area contributed by atoms with Crippen LogP contribution in [0.2, 0.25) is 0 Å². The molecule has 1 aliphatic heterocycles. The molecule has 112 valence electrons. The zero-order valence-corrected chi connectivity index (χ0v) is 11.9. The number of carbonyl (C=O) groups is 1. The molecular weight excluding hydrogens is 272 g/mol. The molecule has 1 amide bonds. The molecule has 2 rings (SSSR count). The first-order chi connectivity index (χ1) is 10.2. The Hall–Kier alpha value is -2.49. The van der Waals surface area contributed by atoms with Crippen LogP contribution in [0.1, 0.15) is 36.7 Å². The molecule has 7 heteroatoms. The fourth-order valence-electron chi connectivity index (χ4n) is 2.42. The third kappa shape index (κ3) is 3.34. The lowest BCUT2D eigenvalue weighted by molar-refractivity contribution is 0.140. The van der Waals surface area contributed by atoms with Gasteiger partial charge in [-0.15, -0.1) is 11.8 Å². The smallest absolute Gasteiger partial charge is 0.407 e. The highest BCUT2D eigenvalue weighted by Gasteiger charge is 2.26. The molecule has 0 radical (unpaired) electrons. The first-order valence-electron chi connectivity index (χ1n) is 6.80. The first-order valence-corrected chi connectivity index (χ1v) is 6.80. The van der Waals surface area contributed by atoms with Crippen molar-refractivity contribution in [2.75, 3.05) is 6.54 Å².